The molecule has 0 fully saturated rings. The Balaban J connectivity index is 2.95. The zero-order valence-corrected chi connectivity index (χ0v) is 8.53. The number of benzene rings is 1. The fourth-order valence-corrected chi connectivity index (χ4v) is 1.75. The van der Waals surface area contributed by atoms with E-state index in [2.05, 4.69) is 0 Å². The van der Waals surface area contributed by atoms with Crippen molar-refractivity contribution in [2.24, 2.45) is 0 Å². The van der Waals surface area contributed by atoms with Crippen LogP contribution in [0.15, 0.2) is 24.3 Å². The molecular weight excluding hydrogens is 204 g/mol. The number of rotatable bonds is 3. The van der Waals surface area contributed by atoms with Gasteiger partial charge in [0.1, 0.15) is 5.75 Å². The molecule has 0 bridgehead atoms. The average Bonchev–Trinajstić information content (AvgIpc) is 2.01. The summed E-state index contributed by atoms with van der Waals surface area (Å²) in [5, 5.41) is 9.23. The van der Waals surface area contributed by atoms with E-state index in [4.69, 9.17) is 4.55 Å². The largest absolute Gasteiger partial charge is 0.389 e. The normalized spacial score (nSPS) is 13.9. The number of hydrogen-bond donors (Lipinski definition) is 2. The Kier molecular flexibility index (Phi) is 3.25. The summed E-state index contributed by atoms with van der Waals surface area (Å²) in [6.07, 6.45) is -0.642. The van der Waals surface area contributed by atoms with Gasteiger partial charge in [-0.3, -0.25) is 4.55 Å². The highest BCUT2D eigenvalue weighted by atomic mass is 32.2. The summed E-state index contributed by atoms with van der Waals surface area (Å²) in [7, 11) is -4.00. The van der Waals surface area contributed by atoms with Crippen LogP contribution in [0.2, 0.25) is 0 Å². The maximum absolute atomic E-state index is 10.6. The van der Waals surface area contributed by atoms with E-state index in [1.807, 2.05) is 0 Å². The summed E-state index contributed by atoms with van der Waals surface area (Å²) in [4.78, 5) is 0. The minimum atomic E-state index is -4.00. The minimum Gasteiger partial charge on any atom is -0.389 e. The summed E-state index contributed by atoms with van der Waals surface area (Å²) in [5.41, 5.74) is 1.09. The molecular formula is C9H12O4S. The molecule has 0 aliphatic rings. The van der Waals surface area contributed by atoms with Crippen LogP contribution in [0.5, 0.6) is 0 Å². The second kappa shape index (κ2) is 4.08. The standard InChI is InChI=1S/C9H12O4S/c1-7(10)9-4-2-3-8(5-9)6-14(11,12)13/h2-5,7,10H,6H2,1H3,(H,11,12,13). The molecule has 0 amide bonds. The van der Waals surface area contributed by atoms with Crippen molar-refractivity contribution in [3.8, 4) is 0 Å². The van der Waals surface area contributed by atoms with Crippen molar-refractivity contribution in [3.63, 3.8) is 0 Å². The van der Waals surface area contributed by atoms with E-state index in [0.29, 0.717) is 11.1 Å². The first-order valence-corrected chi connectivity index (χ1v) is 5.71. The molecule has 1 atom stereocenters. The van der Waals surface area contributed by atoms with Gasteiger partial charge < -0.3 is 5.11 Å². The van der Waals surface area contributed by atoms with Gasteiger partial charge in [-0.2, -0.15) is 8.42 Å². The van der Waals surface area contributed by atoms with E-state index >= 15 is 0 Å². The van der Waals surface area contributed by atoms with Crippen molar-refractivity contribution in [1.82, 2.24) is 0 Å². The Morgan fingerprint density at radius 1 is 1.43 bits per heavy atom. The molecule has 0 radical (unpaired) electrons. The second-order valence-corrected chi connectivity index (χ2v) is 4.60. The lowest BCUT2D eigenvalue weighted by Crippen LogP contribution is -2.02. The van der Waals surface area contributed by atoms with Crippen molar-refractivity contribution in [1.29, 1.82) is 0 Å². The van der Waals surface area contributed by atoms with Gasteiger partial charge in [0.15, 0.2) is 0 Å². The number of aliphatic hydroxyl groups is 1. The smallest absolute Gasteiger partial charge is 0.269 e. The number of aliphatic hydroxyl groups excluding tert-OH is 1. The molecule has 0 saturated heterocycles. The predicted molar refractivity (Wildman–Crippen MR) is 52.3 cm³/mol. The zero-order valence-electron chi connectivity index (χ0n) is 7.71. The predicted octanol–water partition coefficient (Wildman–Crippen LogP) is 1.13. The summed E-state index contributed by atoms with van der Waals surface area (Å²) >= 11 is 0. The molecule has 1 rings (SSSR count). The highest BCUT2D eigenvalue weighted by molar-refractivity contribution is 7.85. The van der Waals surface area contributed by atoms with E-state index < -0.39 is 22.0 Å². The minimum absolute atomic E-state index is 0.423. The van der Waals surface area contributed by atoms with Gasteiger partial charge >= 0.3 is 0 Å². The highest BCUT2D eigenvalue weighted by Crippen LogP contribution is 2.14. The molecule has 5 heteroatoms. The van der Waals surface area contributed by atoms with Crippen LogP contribution in [-0.2, 0) is 15.9 Å². The van der Waals surface area contributed by atoms with E-state index in [0.717, 1.165) is 0 Å². The van der Waals surface area contributed by atoms with Gasteiger partial charge in [-0.25, -0.2) is 0 Å². The fraction of sp³-hybridized carbons (Fsp3) is 0.333. The van der Waals surface area contributed by atoms with Crippen LogP contribution in [0.3, 0.4) is 0 Å². The first-order valence-electron chi connectivity index (χ1n) is 4.10. The third-order valence-corrected chi connectivity index (χ3v) is 2.48. The summed E-state index contributed by atoms with van der Waals surface area (Å²) in [5.74, 6) is -0.423. The maximum atomic E-state index is 10.6. The van der Waals surface area contributed by atoms with Crippen LogP contribution in [0.1, 0.15) is 24.2 Å². The van der Waals surface area contributed by atoms with Gasteiger partial charge in [-0.15, -0.1) is 0 Å². The molecule has 1 unspecified atom stereocenters. The maximum Gasteiger partial charge on any atom is 0.269 e. The molecule has 0 aliphatic heterocycles. The third-order valence-electron chi connectivity index (χ3n) is 1.78. The summed E-state index contributed by atoms with van der Waals surface area (Å²) in [6, 6.07) is 6.47. The molecule has 0 saturated carbocycles. The lowest BCUT2D eigenvalue weighted by Gasteiger charge is -2.06. The fourth-order valence-electron chi connectivity index (χ4n) is 1.15. The van der Waals surface area contributed by atoms with Gasteiger partial charge in [0.05, 0.1) is 6.10 Å². The second-order valence-electron chi connectivity index (χ2n) is 3.15. The Morgan fingerprint density at radius 2 is 2.07 bits per heavy atom. The van der Waals surface area contributed by atoms with Gasteiger partial charge in [0.25, 0.3) is 10.1 Å². The quantitative estimate of drug-likeness (QED) is 0.743. The molecule has 4 nitrogen and oxygen atoms in total. The van der Waals surface area contributed by atoms with Gasteiger partial charge in [-0.1, -0.05) is 24.3 Å². The van der Waals surface area contributed by atoms with E-state index in [1.54, 1.807) is 31.2 Å². The van der Waals surface area contributed by atoms with Crippen LogP contribution < -0.4 is 0 Å². The molecule has 14 heavy (non-hydrogen) atoms. The molecule has 0 aromatic heterocycles. The molecule has 78 valence electrons. The Morgan fingerprint density at radius 3 is 2.57 bits per heavy atom. The van der Waals surface area contributed by atoms with Crippen LogP contribution in [0, 0.1) is 0 Å². The van der Waals surface area contributed by atoms with E-state index in [-0.39, 0.29) is 0 Å². The van der Waals surface area contributed by atoms with Crippen LogP contribution >= 0.6 is 0 Å². The monoisotopic (exact) mass is 216 g/mol. The van der Waals surface area contributed by atoms with Crippen molar-refractivity contribution in [2.75, 3.05) is 0 Å². The number of hydrogen-bond acceptors (Lipinski definition) is 3. The summed E-state index contributed by atoms with van der Waals surface area (Å²) in [6.45, 7) is 1.59. The Labute approximate surface area is 82.9 Å². The molecule has 0 aliphatic carbocycles. The van der Waals surface area contributed by atoms with Gasteiger partial charge in [-0.05, 0) is 18.1 Å². The van der Waals surface area contributed by atoms with Crippen molar-refractivity contribution in [2.45, 2.75) is 18.8 Å². The summed E-state index contributed by atoms with van der Waals surface area (Å²) < 4.78 is 29.8. The lowest BCUT2D eigenvalue weighted by molar-refractivity contribution is 0.199. The van der Waals surface area contributed by atoms with Crippen LogP contribution in [0.25, 0.3) is 0 Å². The molecule has 1 aromatic rings. The van der Waals surface area contributed by atoms with Crippen LogP contribution in [0.4, 0.5) is 0 Å². The molecule has 1 aromatic carbocycles. The first-order chi connectivity index (χ1) is 6.38. The van der Waals surface area contributed by atoms with Crippen molar-refractivity contribution in [3.05, 3.63) is 35.4 Å². The lowest BCUT2D eigenvalue weighted by atomic mass is 10.1. The van der Waals surface area contributed by atoms with Gasteiger partial charge in [0.2, 0.25) is 0 Å². The Bertz CT molecular complexity index is 409. The third kappa shape index (κ3) is 3.45. The van der Waals surface area contributed by atoms with Gasteiger partial charge in [0, 0.05) is 0 Å². The van der Waals surface area contributed by atoms with Crippen LogP contribution in [-0.4, -0.2) is 18.1 Å². The van der Waals surface area contributed by atoms with E-state index in [1.165, 1.54) is 0 Å². The van der Waals surface area contributed by atoms with Crippen molar-refractivity contribution >= 4 is 10.1 Å². The van der Waals surface area contributed by atoms with Crippen molar-refractivity contribution < 1.29 is 18.1 Å². The molecule has 0 spiro atoms. The SMILES string of the molecule is CC(O)c1cccc(CS(=O)(=O)O)c1. The Hall–Kier alpha value is -0.910. The highest BCUT2D eigenvalue weighted by Gasteiger charge is 2.08. The van der Waals surface area contributed by atoms with E-state index in [9.17, 15) is 13.5 Å². The molecule has 0 heterocycles. The topological polar surface area (TPSA) is 74.6 Å². The average molecular weight is 216 g/mol. The first kappa shape index (κ1) is 11.2. The molecule has 2 N–H and O–H groups in total. The zero-order chi connectivity index (χ0) is 10.8.